The number of nitrogens with one attached hydrogen (secondary N) is 2. The minimum absolute atomic E-state index is 0.0706. The number of benzene rings is 2. The molecule has 1 aromatic heterocycles. The Morgan fingerprint density at radius 2 is 1.92 bits per heavy atom. The molecule has 3 aromatic rings. The van der Waals surface area contributed by atoms with Gasteiger partial charge in [0.15, 0.2) is 0 Å². The summed E-state index contributed by atoms with van der Waals surface area (Å²) in [6, 6.07) is 9.83. The molecule has 1 heterocycles. The van der Waals surface area contributed by atoms with Crippen molar-refractivity contribution in [2.45, 2.75) is 0 Å². The number of nitrogens with zero attached hydrogens (tertiary/aromatic N) is 1. The fourth-order valence-electron chi connectivity index (χ4n) is 2.34. The summed E-state index contributed by atoms with van der Waals surface area (Å²) >= 11 is 0. The molecule has 2 amide bonds. The second-order valence-electron chi connectivity index (χ2n) is 5.24. The molecule has 0 unspecified atom stereocenters. The summed E-state index contributed by atoms with van der Waals surface area (Å²) < 4.78 is 31.3. The molecule has 25 heavy (non-hydrogen) atoms. The van der Waals surface area contributed by atoms with Crippen LogP contribution in [0, 0.1) is 11.6 Å². The van der Waals surface area contributed by atoms with Crippen LogP contribution < -0.4 is 15.4 Å². The molecule has 0 aliphatic carbocycles. The van der Waals surface area contributed by atoms with E-state index in [4.69, 9.17) is 4.74 Å². The number of anilines is 1. The quantitative estimate of drug-likeness (QED) is 0.694. The third-order valence-corrected chi connectivity index (χ3v) is 3.42. The van der Waals surface area contributed by atoms with Gasteiger partial charge in [-0.3, -0.25) is 4.98 Å². The molecule has 2 aromatic carbocycles. The van der Waals surface area contributed by atoms with Gasteiger partial charge in [-0.1, -0.05) is 12.1 Å². The van der Waals surface area contributed by atoms with Gasteiger partial charge in [-0.05, 0) is 12.1 Å². The highest BCUT2D eigenvalue weighted by Crippen LogP contribution is 2.21. The van der Waals surface area contributed by atoms with E-state index in [-0.39, 0.29) is 18.9 Å². The Hall–Kier alpha value is -3.22. The maximum Gasteiger partial charge on any atom is 0.319 e. The number of hydrogen-bond donors (Lipinski definition) is 2. The molecule has 0 radical (unpaired) electrons. The van der Waals surface area contributed by atoms with Crippen LogP contribution in [0.3, 0.4) is 0 Å². The van der Waals surface area contributed by atoms with Gasteiger partial charge < -0.3 is 15.4 Å². The van der Waals surface area contributed by atoms with Gasteiger partial charge in [0.1, 0.15) is 24.0 Å². The molecule has 2 N–H and O–H groups in total. The van der Waals surface area contributed by atoms with E-state index >= 15 is 0 Å². The Labute approximate surface area is 142 Å². The number of urea groups is 1. The van der Waals surface area contributed by atoms with Crippen molar-refractivity contribution in [1.82, 2.24) is 10.3 Å². The van der Waals surface area contributed by atoms with Gasteiger partial charge in [0, 0.05) is 41.4 Å². The van der Waals surface area contributed by atoms with E-state index in [9.17, 15) is 13.6 Å². The van der Waals surface area contributed by atoms with Crippen LogP contribution in [0.2, 0.25) is 0 Å². The zero-order chi connectivity index (χ0) is 17.6. The van der Waals surface area contributed by atoms with E-state index in [2.05, 4.69) is 15.6 Å². The van der Waals surface area contributed by atoms with E-state index in [1.54, 1.807) is 18.5 Å². The molecule has 0 atom stereocenters. The van der Waals surface area contributed by atoms with E-state index in [0.29, 0.717) is 5.69 Å². The zero-order valence-electron chi connectivity index (χ0n) is 13.1. The van der Waals surface area contributed by atoms with Gasteiger partial charge in [0.05, 0.1) is 12.2 Å². The summed E-state index contributed by atoms with van der Waals surface area (Å²) in [5.74, 6) is -1.36. The lowest BCUT2D eigenvalue weighted by Gasteiger charge is -2.11. The van der Waals surface area contributed by atoms with Crippen LogP contribution in [0.4, 0.5) is 19.3 Å². The third kappa shape index (κ3) is 4.41. The number of ether oxygens (including phenoxy) is 1. The van der Waals surface area contributed by atoms with Gasteiger partial charge >= 0.3 is 6.03 Å². The average Bonchev–Trinajstić information content (AvgIpc) is 2.58. The van der Waals surface area contributed by atoms with Crippen LogP contribution >= 0.6 is 0 Å². The number of rotatable bonds is 5. The molecule has 0 fully saturated rings. The third-order valence-electron chi connectivity index (χ3n) is 3.42. The largest absolute Gasteiger partial charge is 0.492 e. The molecule has 128 valence electrons. The second-order valence-corrected chi connectivity index (χ2v) is 5.24. The molecule has 0 aliphatic heterocycles. The molecule has 5 nitrogen and oxygen atoms in total. The van der Waals surface area contributed by atoms with E-state index in [1.807, 2.05) is 18.2 Å². The average molecular weight is 343 g/mol. The number of pyridine rings is 1. The normalized spacial score (nSPS) is 10.5. The first-order valence-electron chi connectivity index (χ1n) is 7.58. The lowest BCUT2D eigenvalue weighted by Crippen LogP contribution is -2.32. The summed E-state index contributed by atoms with van der Waals surface area (Å²) in [6.07, 6.45) is 3.36. The Morgan fingerprint density at radius 1 is 1.12 bits per heavy atom. The minimum atomic E-state index is -0.717. The van der Waals surface area contributed by atoms with Crippen molar-refractivity contribution in [1.29, 1.82) is 0 Å². The number of aromatic nitrogens is 1. The molecule has 0 saturated heterocycles. The first-order chi connectivity index (χ1) is 12.1. The smallest absolute Gasteiger partial charge is 0.319 e. The Bertz CT molecular complexity index is 877. The van der Waals surface area contributed by atoms with Crippen molar-refractivity contribution in [2.24, 2.45) is 0 Å². The lowest BCUT2D eigenvalue weighted by atomic mass is 10.1. The summed E-state index contributed by atoms with van der Waals surface area (Å²) in [6.45, 7) is 0.256. The summed E-state index contributed by atoms with van der Waals surface area (Å²) in [4.78, 5) is 16.0. The SMILES string of the molecule is O=C(NCCOc1cc(F)cc(F)c1)Nc1cccc2cnccc12. The van der Waals surface area contributed by atoms with Gasteiger partial charge in [-0.15, -0.1) is 0 Å². The maximum absolute atomic E-state index is 13.0. The van der Waals surface area contributed by atoms with Crippen molar-refractivity contribution in [3.63, 3.8) is 0 Å². The number of fused-ring (bicyclic) bond motifs is 1. The van der Waals surface area contributed by atoms with Crippen LogP contribution in [0.25, 0.3) is 10.8 Å². The van der Waals surface area contributed by atoms with Crippen LogP contribution in [0.15, 0.2) is 54.9 Å². The van der Waals surface area contributed by atoms with Gasteiger partial charge in [0.25, 0.3) is 0 Å². The van der Waals surface area contributed by atoms with Crippen molar-refractivity contribution < 1.29 is 18.3 Å². The first kappa shape index (κ1) is 16.6. The highest BCUT2D eigenvalue weighted by molar-refractivity contribution is 6.01. The monoisotopic (exact) mass is 343 g/mol. The van der Waals surface area contributed by atoms with Crippen LogP contribution in [-0.2, 0) is 0 Å². The second kappa shape index (κ2) is 7.57. The van der Waals surface area contributed by atoms with E-state index < -0.39 is 17.7 Å². The number of carbonyl (C=O) groups excluding carboxylic acids is 1. The van der Waals surface area contributed by atoms with E-state index in [0.717, 1.165) is 29.0 Å². The first-order valence-corrected chi connectivity index (χ1v) is 7.58. The van der Waals surface area contributed by atoms with Gasteiger partial charge in [0.2, 0.25) is 0 Å². The molecular formula is C18H15F2N3O2. The van der Waals surface area contributed by atoms with Crippen LogP contribution in [-0.4, -0.2) is 24.2 Å². The predicted molar refractivity (Wildman–Crippen MR) is 90.6 cm³/mol. The molecular weight excluding hydrogens is 328 g/mol. The Morgan fingerprint density at radius 3 is 2.72 bits per heavy atom. The molecule has 7 heteroatoms. The van der Waals surface area contributed by atoms with Crippen molar-refractivity contribution >= 4 is 22.5 Å². The molecule has 3 rings (SSSR count). The van der Waals surface area contributed by atoms with Crippen molar-refractivity contribution in [3.05, 3.63) is 66.5 Å². The number of carbonyl (C=O) groups is 1. The number of halogens is 2. The Kier molecular flexibility index (Phi) is 5.03. The zero-order valence-corrected chi connectivity index (χ0v) is 13.1. The predicted octanol–water partition coefficient (Wildman–Crippen LogP) is 3.71. The van der Waals surface area contributed by atoms with Crippen LogP contribution in [0.5, 0.6) is 5.75 Å². The number of amides is 2. The summed E-state index contributed by atoms with van der Waals surface area (Å²) in [5.41, 5.74) is 0.658. The fourth-order valence-corrected chi connectivity index (χ4v) is 2.34. The lowest BCUT2D eigenvalue weighted by molar-refractivity contribution is 0.247. The molecule has 0 spiro atoms. The van der Waals surface area contributed by atoms with Gasteiger partial charge in [-0.25, -0.2) is 13.6 Å². The van der Waals surface area contributed by atoms with Crippen molar-refractivity contribution in [2.75, 3.05) is 18.5 Å². The topological polar surface area (TPSA) is 63.2 Å². The number of hydrogen-bond acceptors (Lipinski definition) is 3. The summed E-state index contributed by atoms with van der Waals surface area (Å²) in [5, 5.41) is 7.15. The van der Waals surface area contributed by atoms with Gasteiger partial charge in [-0.2, -0.15) is 0 Å². The maximum atomic E-state index is 13.0. The molecule has 0 saturated carbocycles. The standard InChI is InChI=1S/C18H15F2N3O2/c19-13-8-14(20)10-15(9-13)25-7-6-22-18(24)23-17-3-1-2-12-11-21-5-4-16(12)17/h1-5,8-11H,6-7H2,(H2,22,23,24). The minimum Gasteiger partial charge on any atom is -0.492 e. The molecule has 0 bridgehead atoms. The fraction of sp³-hybridized carbons (Fsp3) is 0.111. The highest BCUT2D eigenvalue weighted by atomic mass is 19.1. The molecule has 0 aliphatic rings. The highest BCUT2D eigenvalue weighted by Gasteiger charge is 2.06. The Balaban J connectivity index is 1.51. The van der Waals surface area contributed by atoms with E-state index in [1.165, 1.54) is 0 Å². The summed E-state index contributed by atoms with van der Waals surface area (Å²) in [7, 11) is 0. The van der Waals surface area contributed by atoms with Crippen LogP contribution in [0.1, 0.15) is 0 Å². The van der Waals surface area contributed by atoms with Crippen molar-refractivity contribution in [3.8, 4) is 5.75 Å².